The zero-order valence-electron chi connectivity index (χ0n) is 29.4. The van der Waals surface area contributed by atoms with Gasteiger partial charge in [-0.25, -0.2) is 0 Å². The normalized spacial score (nSPS) is 10.9. The number of carbonyl (C=O) groups is 6. The van der Waals surface area contributed by atoms with E-state index in [4.69, 9.17) is 4.74 Å². The van der Waals surface area contributed by atoms with Gasteiger partial charge in [-0.15, -0.1) is 0 Å². The number of unbranched alkanes of at least 4 members (excludes halogenated alkanes) is 2. The third-order valence-corrected chi connectivity index (χ3v) is 6.41. The molecular weight excluding hydrogens is 604 g/mol. The van der Waals surface area contributed by atoms with Crippen LogP contribution in [0.4, 0.5) is 0 Å². The molecule has 0 heterocycles. The molecule has 0 spiro atoms. The molecule has 0 saturated heterocycles. The number of carbonyl (C=O) groups excluding carboxylic acids is 6. The van der Waals surface area contributed by atoms with Crippen molar-refractivity contribution < 1.29 is 33.5 Å². The number of benzene rings is 1. The monoisotopic (exact) mass is 662 g/mol. The quantitative estimate of drug-likeness (QED) is 0.109. The molecule has 0 saturated carbocycles. The molecule has 13 nitrogen and oxygen atoms in total. The van der Waals surface area contributed by atoms with E-state index in [9.17, 15) is 28.8 Å². The zero-order chi connectivity index (χ0) is 35.7. The topological polar surface area (TPSA) is 184 Å². The molecule has 266 valence electrons. The fourth-order valence-corrected chi connectivity index (χ4v) is 3.80. The number of ether oxygens (including phenoxy) is 1. The number of aryl methyl sites for hydroxylation is 1. The van der Waals surface area contributed by atoms with E-state index in [2.05, 4.69) is 51.0 Å². The summed E-state index contributed by atoms with van der Waals surface area (Å²) in [6.45, 7) is 13.4. The molecule has 0 aliphatic rings. The Hall–Kier alpha value is -4.00. The number of rotatable bonds is 21. The largest absolute Gasteiger partial charge is 0.378 e. The third-order valence-electron chi connectivity index (χ3n) is 6.41. The van der Waals surface area contributed by atoms with Crippen LogP contribution in [0.3, 0.4) is 0 Å². The molecule has 0 fully saturated rings. The molecule has 0 radical (unpaired) electrons. The second kappa shape index (κ2) is 24.2. The van der Waals surface area contributed by atoms with Crippen molar-refractivity contribution in [2.45, 2.75) is 92.5 Å². The van der Waals surface area contributed by atoms with Gasteiger partial charge in [0, 0.05) is 24.8 Å². The molecule has 0 aromatic heterocycles. The van der Waals surface area contributed by atoms with Crippen LogP contribution in [0.15, 0.2) is 30.3 Å². The van der Waals surface area contributed by atoms with Crippen molar-refractivity contribution in [1.29, 1.82) is 0 Å². The average Bonchev–Trinajstić information content (AvgIpc) is 3.00. The van der Waals surface area contributed by atoms with Gasteiger partial charge in [0.2, 0.25) is 35.4 Å². The van der Waals surface area contributed by atoms with E-state index >= 15 is 0 Å². The fraction of sp³-hybridized carbons (Fsp3) is 0.647. The summed E-state index contributed by atoms with van der Waals surface area (Å²) in [7, 11) is 0. The summed E-state index contributed by atoms with van der Waals surface area (Å²) < 4.78 is 5.78. The highest BCUT2D eigenvalue weighted by Gasteiger charge is 2.24. The molecule has 1 rings (SSSR count). The van der Waals surface area contributed by atoms with Crippen molar-refractivity contribution >= 4 is 35.4 Å². The number of hydrogen-bond acceptors (Lipinski definition) is 7. The van der Waals surface area contributed by atoms with Crippen molar-refractivity contribution in [1.82, 2.24) is 31.9 Å². The lowest BCUT2D eigenvalue weighted by Gasteiger charge is -2.30. The molecule has 13 heteroatoms. The molecular formula is C34H58N6O7. The summed E-state index contributed by atoms with van der Waals surface area (Å²) in [5, 5.41) is 15.3. The Morgan fingerprint density at radius 2 is 1.09 bits per heavy atom. The lowest BCUT2D eigenvalue weighted by atomic mass is 9.94. The lowest BCUT2D eigenvalue weighted by molar-refractivity contribution is -0.129. The van der Waals surface area contributed by atoms with Crippen LogP contribution in [-0.2, 0) is 33.5 Å². The standard InChI is InChI=1S/C27H50N6O7.C7H8/c1-7-9-10-12-20(34)28-13-22(36)29-14-23(37)30-15-24(38)31-16-25(39)32-17-26(3,4)18-40-19-27(5,6)33-21(35)11-8-2;1-7-5-3-2-4-6-7/h7-19H2,1-6H3,(H,28,34)(H,29,36)(H,30,37)(H,31,38)(H,32,39)(H,33,35);2-6H,1H3. The predicted octanol–water partition coefficient (Wildman–Crippen LogP) is 1.88. The minimum atomic E-state index is -0.586. The summed E-state index contributed by atoms with van der Waals surface area (Å²) in [6.07, 6.45) is 4.26. The Morgan fingerprint density at radius 1 is 0.596 bits per heavy atom. The van der Waals surface area contributed by atoms with Crippen molar-refractivity contribution in [3.63, 3.8) is 0 Å². The summed E-state index contributed by atoms with van der Waals surface area (Å²) in [6, 6.07) is 10.3. The highest BCUT2D eigenvalue weighted by Crippen LogP contribution is 2.15. The molecule has 6 amide bonds. The van der Waals surface area contributed by atoms with Gasteiger partial charge in [0.25, 0.3) is 0 Å². The SMILES string of the molecule is CCCCCC(=O)NCC(=O)NCC(=O)NCC(=O)NCC(=O)NCC(C)(C)COCC(C)(C)NC(=O)CCC.Cc1ccccc1. The van der Waals surface area contributed by atoms with E-state index < -0.39 is 29.2 Å². The number of nitrogens with one attached hydrogen (secondary N) is 6. The maximum Gasteiger partial charge on any atom is 0.239 e. The highest BCUT2D eigenvalue weighted by molar-refractivity contribution is 5.91. The Kier molecular flexibility index (Phi) is 22.2. The van der Waals surface area contributed by atoms with Gasteiger partial charge in [-0.3, -0.25) is 28.8 Å². The molecule has 0 unspecified atom stereocenters. The van der Waals surface area contributed by atoms with Gasteiger partial charge in [-0.2, -0.15) is 0 Å². The van der Waals surface area contributed by atoms with Crippen molar-refractivity contribution in [2.24, 2.45) is 5.41 Å². The van der Waals surface area contributed by atoms with Crippen LogP contribution in [0.1, 0.15) is 85.6 Å². The van der Waals surface area contributed by atoms with Gasteiger partial charge < -0.3 is 36.6 Å². The first-order valence-corrected chi connectivity index (χ1v) is 16.3. The van der Waals surface area contributed by atoms with Crippen LogP contribution >= 0.6 is 0 Å². The summed E-state index contributed by atoms with van der Waals surface area (Å²) >= 11 is 0. The first-order chi connectivity index (χ1) is 22.1. The van der Waals surface area contributed by atoms with Gasteiger partial charge in [-0.05, 0) is 33.6 Å². The van der Waals surface area contributed by atoms with Crippen molar-refractivity contribution in [3.05, 3.63) is 35.9 Å². The molecule has 0 bridgehead atoms. The number of hydrogen-bond donors (Lipinski definition) is 6. The van der Waals surface area contributed by atoms with Gasteiger partial charge in [0.1, 0.15) is 0 Å². The third kappa shape index (κ3) is 25.8. The molecule has 0 atom stereocenters. The summed E-state index contributed by atoms with van der Waals surface area (Å²) in [5.74, 6) is -2.31. The first kappa shape index (κ1) is 43.0. The summed E-state index contributed by atoms with van der Waals surface area (Å²) in [4.78, 5) is 71.1. The molecule has 0 aliphatic carbocycles. The van der Waals surface area contributed by atoms with Gasteiger partial charge >= 0.3 is 0 Å². The molecule has 1 aromatic carbocycles. The molecule has 6 N–H and O–H groups in total. The molecule has 47 heavy (non-hydrogen) atoms. The smallest absolute Gasteiger partial charge is 0.239 e. The van der Waals surface area contributed by atoms with Crippen LogP contribution in [0.2, 0.25) is 0 Å². The maximum absolute atomic E-state index is 12.1. The Morgan fingerprint density at radius 3 is 1.53 bits per heavy atom. The van der Waals surface area contributed by atoms with Crippen molar-refractivity contribution in [3.8, 4) is 0 Å². The second-order valence-electron chi connectivity index (χ2n) is 12.8. The van der Waals surface area contributed by atoms with E-state index in [0.717, 1.165) is 25.7 Å². The van der Waals surface area contributed by atoms with Crippen LogP contribution in [0.25, 0.3) is 0 Å². The van der Waals surface area contributed by atoms with Crippen LogP contribution in [0.5, 0.6) is 0 Å². The van der Waals surface area contributed by atoms with E-state index in [-0.39, 0.29) is 43.4 Å². The first-order valence-electron chi connectivity index (χ1n) is 16.3. The van der Waals surface area contributed by atoms with Gasteiger partial charge in [0.15, 0.2) is 0 Å². The number of amides is 6. The fourth-order valence-electron chi connectivity index (χ4n) is 3.80. The maximum atomic E-state index is 12.1. The highest BCUT2D eigenvalue weighted by atomic mass is 16.5. The second-order valence-corrected chi connectivity index (χ2v) is 12.8. The van der Waals surface area contributed by atoms with Crippen LogP contribution in [-0.4, -0.2) is 86.9 Å². The summed E-state index contributed by atoms with van der Waals surface area (Å²) in [5.41, 5.74) is 0.420. The zero-order valence-corrected chi connectivity index (χ0v) is 29.4. The Labute approximate surface area is 280 Å². The molecule has 1 aromatic rings. The van der Waals surface area contributed by atoms with Crippen molar-refractivity contribution in [2.75, 3.05) is 45.9 Å². The predicted molar refractivity (Wildman–Crippen MR) is 182 cm³/mol. The average molecular weight is 663 g/mol. The minimum absolute atomic E-state index is 0.0221. The van der Waals surface area contributed by atoms with Gasteiger partial charge in [0.05, 0.1) is 44.9 Å². The lowest BCUT2D eigenvalue weighted by Crippen LogP contribution is -2.48. The Balaban J connectivity index is 0.00000264. The molecule has 0 aliphatic heterocycles. The Bertz CT molecular complexity index is 1110. The van der Waals surface area contributed by atoms with E-state index in [1.165, 1.54) is 5.56 Å². The van der Waals surface area contributed by atoms with Crippen LogP contribution in [0, 0.1) is 12.3 Å². The van der Waals surface area contributed by atoms with E-state index in [1.807, 2.05) is 59.7 Å². The van der Waals surface area contributed by atoms with Crippen LogP contribution < -0.4 is 31.9 Å². The minimum Gasteiger partial charge on any atom is -0.378 e. The van der Waals surface area contributed by atoms with Gasteiger partial charge in [-0.1, -0.05) is 76.4 Å². The van der Waals surface area contributed by atoms with E-state index in [1.54, 1.807) is 0 Å². The van der Waals surface area contributed by atoms with E-state index in [0.29, 0.717) is 32.6 Å².